The standard InChI is InChI=1S/C12H14FN3O3S/c1-9-6-10(2-3-12(9)13)15-20(18,19)11-7-14-16(8-11)4-5-17/h2-3,6-8,15,17H,4-5H2,1H3. The van der Waals surface area contributed by atoms with Gasteiger partial charge in [-0.2, -0.15) is 5.10 Å². The van der Waals surface area contributed by atoms with Crippen LogP contribution in [0.25, 0.3) is 0 Å². The number of aliphatic hydroxyl groups excluding tert-OH is 1. The maximum absolute atomic E-state index is 13.1. The van der Waals surface area contributed by atoms with Crippen LogP contribution in [0.4, 0.5) is 10.1 Å². The van der Waals surface area contributed by atoms with Crippen LogP contribution < -0.4 is 4.72 Å². The van der Waals surface area contributed by atoms with Gasteiger partial charge >= 0.3 is 0 Å². The molecule has 1 aromatic carbocycles. The van der Waals surface area contributed by atoms with E-state index in [4.69, 9.17) is 5.11 Å². The Morgan fingerprint density at radius 3 is 2.85 bits per heavy atom. The molecule has 6 nitrogen and oxygen atoms in total. The highest BCUT2D eigenvalue weighted by atomic mass is 32.2. The van der Waals surface area contributed by atoms with Crippen molar-refractivity contribution in [2.45, 2.75) is 18.4 Å². The first-order chi connectivity index (χ1) is 9.42. The van der Waals surface area contributed by atoms with Crippen molar-refractivity contribution in [2.24, 2.45) is 0 Å². The highest BCUT2D eigenvalue weighted by molar-refractivity contribution is 7.92. The highest BCUT2D eigenvalue weighted by Gasteiger charge is 2.17. The molecule has 0 saturated heterocycles. The van der Waals surface area contributed by atoms with Gasteiger partial charge in [0.05, 0.1) is 19.3 Å². The fraction of sp³-hybridized carbons (Fsp3) is 0.250. The molecule has 0 unspecified atom stereocenters. The molecule has 8 heteroatoms. The third kappa shape index (κ3) is 3.14. The van der Waals surface area contributed by atoms with E-state index in [2.05, 4.69) is 9.82 Å². The third-order valence-electron chi connectivity index (χ3n) is 2.66. The average molecular weight is 299 g/mol. The summed E-state index contributed by atoms with van der Waals surface area (Å²) in [4.78, 5) is -0.0204. The van der Waals surface area contributed by atoms with Gasteiger partial charge in [-0.25, -0.2) is 12.8 Å². The van der Waals surface area contributed by atoms with E-state index >= 15 is 0 Å². The van der Waals surface area contributed by atoms with Crippen molar-refractivity contribution >= 4 is 15.7 Å². The number of hydrogen-bond acceptors (Lipinski definition) is 4. The number of anilines is 1. The minimum Gasteiger partial charge on any atom is -0.394 e. The molecule has 0 atom stereocenters. The highest BCUT2D eigenvalue weighted by Crippen LogP contribution is 2.18. The van der Waals surface area contributed by atoms with Crippen LogP contribution in [0.2, 0.25) is 0 Å². The molecule has 0 fully saturated rings. The van der Waals surface area contributed by atoms with Crippen LogP contribution in [-0.2, 0) is 16.6 Å². The summed E-state index contributed by atoms with van der Waals surface area (Å²) in [5.74, 6) is -0.399. The molecule has 108 valence electrons. The van der Waals surface area contributed by atoms with Crippen LogP contribution in [0.15, 0.2) is 35.5 Å². The van der Waals surface area contributed by atoms with Crippen LogP contribution in [-0.4, -0.2) is 29.9 Å². The summed E-state index contributed by atoms with van der Waals surface area (Å²) in [6.45, 7) is 1.63. The Morgan fingerprint density at radius 1 is 1.45 bits per heavy atom. The van der Waals surface area contributed by atoms with Gasteiger partial charge in [0.15, 0.2) is 0 Å². The number of nitrogens with one attached hydrogen (secondary N) is 1. The van der Waals surface area contributed by atoms with E-state index in [-0.39, 0.29) is 23.7 Å². The molecule has 0 aliphatic heterocycles. The Morgan fingerprint density at radius 2 is 2.20 bits per heavy atom. The number of aromatic nitrogens is 2. The fourth-order valence-electron chi connectivity index (χ4n) is 1.63. The van der Waals surface area contributed by atoms with Gasteiger partial charge in [0.2, 0.25) is 0 Å². The summed E-state index contributed by atoms with van der Waals surface area (Å²) in [6.07, 6.45) is 2.50. The molecule has 0 amide bonds. The maximum atomic E-state index is 13.1. The normalized spacial score (nSPS) is 11.6. The second-order valence-corrected chi connectivity index (χ2v) is 5.91. The molecular formula is C12H14FN3O3S. The number of halogens is 1. The zero-order valence-electron chi connectivity index (χ0n) is 10.7. The van der Waals surface area contributed by atoms with Gasteiger partial charge in [0, 0.05) is 11.9 Å². The van der Waals surface area contributed by atoms with Crippen LogP contribution in [0.1, 0.15) is 5.56 Å². The van der Waals surface area contributed by atoms with Crippen LogP contribution in [0.5, 0.6) is 0 Å². The Labute approximate surface area is 115 Å². The minimum atomic E-state index is -3.78. The van der Waals surface area contributed by atoms with Crippen molar-refractivity contribution in [3.05, 3.63) is 42.0 Å². The number of rotatable bonds is 5. The molecule has 2 rings (SSSR count). The van der Waals surface area contributed by atoms with Gasteiger partial charge in [0.25, 0.3) is 10.0 Å². The monoisotopic (exact) mass is 299 g/mol. The first-order valence-corrected chi connectivity index (χ1v) is 7.33. The van der Waals surface area contributed by atoms with Crippen LogP contribution >= 0.6 is 0 Å². The minimum absolute atomic E-state index is 0.0204. The summed E-state index contributed by atoms with van der Waals surface area (Å²) in [7, 11) is -3.78. The molecule has 1 aromatic heterocycles. The van der Waals surface area contributed by atoms with E-state index in [0.717, 1.165) is 0 Å². The second kappa shape index (κ2) is 5.59. The van der Waals surface area contributed by atoms with Crippen molar-refractivity contribution in [1.29, 1.82) is 0 Å². The molecule has 0 aliphatic carbocycles. The molecule has 0 aliphatic rings. The van der Waals surface area contributed by atoms with E-state index in [1.54, 1.807) is 6.92 Å². The van der Waals surface area contributed by atoms with E-state index in [0.29, 0.717) is 5.56 Å². The first-order valence-electron chi connectivity index (χ1n) is 5.84. The molecule has 0 saturated carbocycles. The topological polar surface area (TPSA) is 84.2 Å². The second-order valence-electron chi connectivity index (χ2n) is 4.23. The average Bonchev–Trinajstić information content (AvgIpc) is 2.83. The summed E-state index contributed by atoms with van der Waals surface area (Å²) in [5.41, 5.74) is 0.625. The molecule has 0 bridgehead atoms. The third-order valence-corrected chi connectivity index (χ3v) is 3.99. The van der Waals surface area contributed by atoms with Crippen molar-refractivity contribution < 1.29 is 17.9 Å². The Hall–Kier alpha value is -1.93. The van der Waals surface area contributed by atoms with Gasteiger partial charge in [-0.15, -0.1) is 0 Å². The molecule has 2 aromatic rings. The predicted molar refractivity (Wildman–Crippen MR) is 71.3 cm³/mol. The summed E-state index contributed by atoms with van der Waals surface area (Å²) in [5, 5.41) is 12.6. The van der Waals surface area contributed by atoms with Crippen molar-refractivity contribution in [3.63, 3.8) is 0 Å². The smallest absolute Gasteiger partial charge is 0.265 e. The first kappa shape index (κ1) is 14.5. The Kier molecular flexibility index (Phi) is 4.05. The maximum Gasteiger partial charge on any atom is 0.265 e. The van der Waals surface area contributed by atoms with E-state index in [1.165, 1.54) is 35.3 Å². The SMILES string of the molecule is Cc1cc(NS(=O)(=O)c2cnn(CCO)c2)ccc1F. The number of benzene rings is 1. The van der Waals surface area contributed by atoms with Gasteiger partial charge in [-0.05, 0) is 30.7 Å². The lowest BCUT2D eigenvalue weighted by Gasteiger charge is -2.07. The Balaban J connectivity index is 2.23. The summed E-state index contributed by atoms with van der Waals surface area (Å²) < 4.78 is 41.0. The van der Waals surface area contributed by atoms with E-state index in [1.807, 2.05) is 0 Å². The van der Waals surface area contributed by atoms with Crippen LogP contribution in [0.3, 0.4) is 0 Å². The molecule has 0 radical (unpaired) electrons. The fourth-order valence-corrected chi connectivity index (χ4v) is 2.63. The van der Waals surface area contributed by atoms with Crippen molar-refractivity contribution in [1.82, 2.24) is 9.78 Å². The van der Waals surface area contributed by atoms with E-state index < -0.39 is 15.8 Å². The van der Waals surface area contributed by atoms with E-state index in [9.17, 15) is 12.8 Å². The van der Waals surface area contributed by atoms with Crippen molar-refractivity contribution in [2.75, 3.05) is 11.3 Å². The lowest BCUT2D eigenvalue weighted by Crippen LogP contribution is -2.12. The number of sulfonamides is 1. The number of aliphatic hydroxyl groups is 1. The van der Waals surface area contributed by atoms with Gasteiger partial charge in [0.1, 0.15) is 10.7 Å². The van der Waals surface area contributed by atoms with Crippen molar-refractivity contribution in [3.8, 4) is 0 Å². The number of aryl methyl sites for hydroxylation is 1. The predicted octanol–water partition coefficient (Wildman–Crippen LogP) is 1.12. The van der Waals surface area contributed by atoms with Gasteiger partial charge in [-0.3, -0.25) is 9.40 Å². The Bertz CT molecular complexity index is 712. The summed E-state index contributed by atoms with van der Waals surface area (Å²) in [6, 6.07) is 3.95. The van der Waals surface area contributed by atoms with Gasteiger partial charge < -0.3 is 5.11 Å². The lowest BCUT2D eigenvalue weighted by molar-refractivity contribution is 0.269. The van der Waals surface area contributed by atoms with Gasteiger partial charge in [-0.1, -0.05) is 0 Å². The number of nitrogens with zero attached hydrogens (tertiary/aromatic N) is 2. The summed E-state index contributed by atoms with van der Waals surface area (Å²) >= 11 is 0. The molecule has 0 spiro atoms. The number of hydrogen-bond donors (Lipinski definition) is 2. The zero-order valence-corrected chi connectivity index (χ0v) is 11.6. The molecule has 2 N–H and O–H groups in total. The van der Waals surface area contributed by atoms with Crippen LogP contribution in [0, 0.1) is 12.7 Å². The zero-order chi connectivity index (χ0) is 14.8. The largest absolute Gasteiger partial charge is 0.394 e. The molecular weight excluding hydrogens is 285 g/mol. The lowest BCUT2D eigenvalue weighted by atomic mass is 10.2. The quantitative estimate of drug-likeness (QED) is 0.866. The molecule has 1 heterocycles. The molecule has 20 heavy (non-hydrogen) atoms.